The Morgan fingerprint density at radius 2 is 1.78 bits per heavy atom. The molecule has 2 unspecified atom stereocenters. The van der Waals surface area contributed by atoms with Crippen LogP contribution in [0.25, 0.3) is 0 Å². The third-order valence-electron chi connectivity index (χ3n) is 7.82. The van der Waals surface area contributed by atoms with Crippen LogP contribution >= 0.6 is 0 Å². The van der Waals surface area contributed by atoms with Crippen LogP contribution in [0, 0.1) is 0 Å². The zero-order valence-electron chi connectivity index (χ0n) is 18.4. The maximum atomic E-state index is 14.0. The summed E-state index contributed by atoms with van der Waals surface area (Å²) in [6, 6.07) is 11.9. The van der Waals surface area contributed by atoms with E-state index in [-0.39, 0.29) is 29.7 Å². The fourth-order valence-electron chi connectivity index (χ4n) is 6.21. The third kappa shape index (κ3) is 2.92. The van der Waals surface area contributed by atoms with Crippen LogP contribution in [-0.2, 0) is 15.0 Å². The Balaban J connectivity index is 1.42. The lowest BCUT2D eigenvalue weighted by molar-refractivity contribution is -0.138. The van der Waals surface area contributed by atoms with Gasteiger partial charge in [0.15, 0.2) is 11.5 Å². The van der Waals surface area contributed by atoms with Crippen LogP contribution in [-0.4, -0.2) is 36.5 Å². The van der Waals surface area contributed by atoms with Crippen LogP contribution in [0.5, 0.6) is 11.5 Å². The molecule has 4 aliphatic rings. The van der Waals surface area contributed by atoms with Crippen molar-refractivity contribution in [3.63, 3.8) is 0 Å². The Bertz CT molecular complexity index is 1110. The summed E-state index contributed by atoms with van der Waals surface area (Å²) in [5, 5.41) is 2.92. The molecular weight excluding hydrogens is 404 g/mol. The van der Waals surface area contributed by atoms with Crippen LogP contribution < -0.4 is 14.8 Å². The molecule has 1 saturated carbocycles. The standard InChI is InChI=1S/C26H28N2O4/c1-16-18-12-22-23(32-11-10-31-22)14-20(18)26(8-4-5-9-26)15-28(16)25(30)19-13-24(29)27-21-7-3-2-6-17(19)21/h2-3,6-7,12,14,16,19H,4-5,8-11,13,15H2,1H3,(H,27,29). The molecule has 1 aliphatic carbocycles. The van der Waals surface area contributed by atoms with E-state index in [1.807, 2.05) is 29.2 Å². The highest BCUT2D eigenvalue weighted by Gasteiger charge is 2.48. The van der Waals surface area contributed by atoms with Gasteiger partial charge in [-0.15, -0.1) is 0 Å². The van der Waals surface area contributed by atoms with Gasteiger partial charge in [-0.3, -0.25) is 9.59 Å². The normalized spacial score (nSPS) is 25.2. The van der Waals surface area contributed by atoms with Crippen molar-refractivity contribution in [2.24, 2.45) is 0 Å². The molecule has 6 nitrogen and oxygen atoms in total. The molecule has 1 N–H and O–H groups in total. The van der Waals surface area contributed by atoms with Crippen molar-refractivity contribution >= 4 is 17.5 Å². The van der Waals surface area contributed by atoms with Crippen molar-refractivity contribution < 1.29 is 19.1 Å². The van der Waals surface area contributed by atoms with Gasteiger partial charge in [0.1, 0.15) is 13.2 Å². The maximum absolute atomic E-state index is 14.0. The highest BCUT2D eigenvalue weighted by Crippen LogP contribution is 2.52. The van der Waals surface area contributed by atoms with Gasteiger partial charge < -0.3 is 19.7 Å². The lowest BCUT2D eigenvalue weighted by Crippen LogP contribution is -2.50. The maximum Gasteiger partial charge on any atom is 0.231 e. The third-order valence-corrected chi connectivity index (χ3v) is 7.82. The quantitative estimate of drug-likeness (QED) is 0.730. The molecule has 32 heavy (non-hydrogen) atoms. The highest BCUT2D eigenvalue weighted by atomic mass is 16.6. The first kappa shape index (κ1) is 19.6. The minimum absolute atomic E-state index is 0.0478. The van der Waals surface area contributed by atoms with Crippen LogP contribution in [0.1, 0.15) is 67.7 Å². The van der Waals surface area contributed by atoms with E-state index in [1.165, 1.54) is 18.4 Å². The summed E-state index contributed by atoms with van der Waals surface area (Å²) in [5.41, 5.74) is 4.09. The number of anilines is 1. The number of nitrogens with one attached hydrogen (secondary N) is 1. The van der Waals surface area contributed by atoms with E-state index >= 15 is 0 Å². The Morgan fingerprint density at radius 1 is 1.06 bits per heavy atom. The molecule has 2 atom stereocenters. The van der Waals surface area contributed by atoms with Crippen molar-refractivity contribution in [2.45, 2.75) is 56.4 Å². The van der Waals surface area contributed by atoms with Gasteiger partial charge in [-0.05, 0) is 54.7 Å². The molecular formula is C26H28N2O4. The summed E-state index contributed by atoms with van der Waals surface area (Å²) in [7, 11) is 0. The van der Waals surface area contributed by atoms with Crippen LogP contribution in [0.2, 0.25) is 0 Å². The zero-order valence-corrected chi connectivity index (χ0v) is 18.4. The van der Waals surface area contributed by atoms with E-state index < -0.39 is 5.92 Å². The molecule has 0 bridgehead atoms. The van der Waals surface area contributed by atoms with E-state index in [0.717, 1.165) is 41.2 Å². The minimum Gasteiger partial charge on any atom is -0.486 e. The molecule has 0 saturated heterocycles. The van der Waals surface area contributed by atoms with E-state index in [0.29, 0.717) is 19.8 Å². The molecule has 6 heteroatoms. The number of carbonyl (C=O) groups excluding carboxylic acids is 2. The number of para-hydroxylation sites is 1. The summed E-state index contributed by atoms with van der Waals surface area (Å²) in [6.07, 6.45) is 4.66. The lowest BCUT2D eigenvalue weighted by Gasteiger charge is -2.47. The molecule has 3 heterocycles. The molecule has 2 amide bonds. The molecule has 2 aromatic carbocycles. The monoisotopic (exact) mass is 432 g/mol. The van der Waals surface area contributed by atoms with Crippen molar-refractivity contribution in [3.05, 3.63) is 53.1 Å². The number of hydrogen-bond acceptors (Lipinski definition) is 4. The second-order valence-electron chi connectivity index (χ2n) is 9.60. The zero-order chi connectivity index (χ0) is 21.9. The highest BCUT2D eigenvalue weighted by molar-refractivity contribution is 6.01. The fraction of sp³-hybridized carbons (Fsp3) is 0.462. The van der Waals surface area contributed by atoms with Gasteiger partial charge in [0.25, 0.3) is 0 Å². The first-order valence-electron chi connectivity index (χ1n) is 11.7. The SMILES string of the molecule is CC1c2cc3c(cc2C2(CCCC2)CN1C(=O)C1CC(=O)Nc2ccccc21)OCCO3. The molecule has 0 aromatic heterocycles. The predicted octanol–water partition coefficient (Wildman–Crippen LogP) is 4.30. The number of fused-ring (bicyclic) bond motifs is 4. The fourth-order valence-corrected chi connectivity index (χ4v) is 6.21. The van der Waals surface area contributed by atoms with Crippen molar-refractivity contribution in [3.8, 4) is 11.5 Å². The van der Waals surface area contributed by atoms with Crippen molar-refractivity contribution in [1.29, 1.82) is 0 Å². The van der Waals surface area contributed by atoms with E-state index in [2.05, 4.69) is 24.4 Å². The molecule has 166 valence electrons. The number of hydrogen-bond donors (Lipinski definition) is 1. The Morgan fingerprint density at radius 3 is 2.56 bits per heavy atom. The van der Waals surface area contributed by atoms with Crippen molar-refractivity contribution in [2.75, 3.05) is 25.1 Å². The van der Waals surface area contributed by atoms with Crippen LogP contribution in [0.15, 0.2) is 36.4 Å². The lowest BCUT2D eigenvalue weighted by atomic mass is 9.71. The average Bonchev–Trinajstić information content (AvgIpc) is 3.29. The van der Waals surface area contributed by atoms with Crippen LogP contribution in [0.4, 0.5) is 5.69 Å². The molecule has 1 spiro atoms. The predicted molar refractivity (Wildman–Crippen MR) is 120 cm³/mol. The van der Waals surface area contributed by atoms with Gasteiger partial charge >= 0.3 is 0 Å². The first-order valence-corrected chi connectivity index (χ1v) is 11.7. The second kappa shape index (κ2) is 7.26. The van der Waals surface area contributed by atoms with Crippen molar-refractivity contribution in [1.82, 2.24) is 4.90 Å². The second-order valence-corrected chi connectivity index (χ2v) is 9.60. The van der Waals surface area contributed by atoms with Gasteiger partial charge in [-0.25, -0.2) is 0 Å². The summed E-state index contributed by atoms with van der Waals surface area (Å²) < 4.78 is 11.8. The Hall–Kier alpha value is -3.02. The average molecular weight is 433 g/mol. The number of benzene rings is 2. The van der Waals surface area contributed by atoms with E-state index in [1.54, 1.807) is 0 Å². The molecule has 1 fully saturated rings. The van der Waals surface area contributed by atoms with Gasteiger partial charge in [0, 0.05) is 24.1 Å². The molecule has 6 rings (SSSR count). The number of rotatable bonds is 1. The summed E-state index contributed by atoms with van der Waals surface area (Å²) in [6.45, 7) is 3.91. The van der Waals surface area contributed by atoms with Gasteiger partial charge in [0.2, 0.25) is 11.8 Å². The Kier molecular flexibility index (Phi) is 4.46. The van der Waals surface area contributed by atoms with Gasteiger partial charge in [0.05, 0.1) is 12.0 Å². The van der Waals surface area contributed by atoms with Gasteiger partial charge in [-0.1, -0.05) is 31.0 Å². The number of amides is 2. The number of ether oxygens (including phenoxy) is 2. The minimum atomic E-state index is -0.445. The molecule has 2 aromatic rings. The van der Waals surface area contributed by atoms with E-state index in [9.17, 15) is 9.59 Å². The molecule has 0 radical (unpaired) electrons. The van der Waals surface area contributed by atoms with Crippen LogP contribution in [0.3, 0.4) is 0 Å². The summed E-state index contributed by atoms with van der Waals surface area (Å²) >= 11 is 0. The first-order chi connectivity index (χ1) is 15.6. The number of nitrogens with zero attached hydrogens (tertiary/aromatic N) is 1. The summed E-state index contributed by atoms with van der Waals surface area (Å²) in [5.74, 6) is 1.10. The topological polar surface area (TPSA) is 67.9 Å². The van der Waals surface area contributed by atoms with Gasteiger partial charge in [-0.2, -0.15) is 0 Å². The number of carbonyl (C=O) groups is 2. The molecule has 3 aliphatic heterocycles. The van der Waals surface area contributed by atoms with E-state index in [4.69, 9.17) is 9.47 Å². The smallest absolute Gasteiger partial charge is 0.231 e. The summed E-state index contributed by atoms with van der Waals surface area (Å²) in [4.78, 5) is 28.4. The Labute approximate surface area is 187 Å². The largest absolute Gasteiger partial charge is 0.486 e.